The molecule has 0 bridgehead atoms. The second-order valence-electron chi connectivity index (χ2n) is 7.64. The van der Waals surface area contributed by atoms with Crippen molar-refractivity contribution in [2.75, 3.05) is 33.9 Å². The Morgan fingerprint density at radius 1 is 1.00 bits per heavy atom. The number of benzene rings is 2. The van der Waals surface area contributed by atoms with Gasteiger partial charge in [0.1, 0.15) is 11.5 Å². The third-order valence-corrected chi connectivity index (χ3v) is 5.80. The van der Waals surface area contributed by atoms with Crippen LogP contribution < -0.4 is 14.4 Å². The van der Waals surface area contributed by atoms with Crippen molar-refractivity contribution in [1.82, 2.24) is 5.01 Å². The molecule has 2 aliphatic heterocycles. The van der Waals surface area contributed by atoms with Crippen molar-refractivity contribution in [3.63, 3.8) is 0 Å². The lowest BCUT2D eigenvalue weighted by atomic mass is 9.98. The molecule has 1 fully saturated rings. The number of nitrogens with one attached hydrogen (secondary N) is 1. The number of carbonyl (C=O) groups is 1. The molecule has 0 aliphatic carbocycles. The average Bonchev–Trinajstić information content (AvgIpc) is 3.44. The van der Waals surface area contributed by atoms with Gasteiger partial charge in [-0.1, -0.05) is 12.1 Å². The molecule has 0 unspecified atom stereocenters. The van der Waals surface area contributed by atoms with Gasteiger partial charge in [-0.3, -0.25) is 4.79 Å². The number of carbonyl (C=O) groups excluding carboxylic acids is 1. The molecular weight excluding hydrogens is 366 g/mol. The Kier molecular flexibility index (Phi) is 5.81. The maximum Gasteiger partial charge on any atom is 0.298 e. The predicted octanol–water partition coefficient (Wildman–Crippen LogP) is 2.06. The topological polar surface area (TPSA) is 55.6 Å². The summed E-state index contributed by atoms with van der Waals surface area (Å²) in [5.74, 6) is 1.71. The summed E-state index contributed by atoms with van der Waals surface area (Å²) in [5.41, 5.74) is 3.02. The highest BCUT2D eigenvalue weighted by Crippen LogP contribution is 2.33. The minimum Gasteiger partial charge on any atom is -0.497 e. The summed E-state index contributed by atoms with van der Waals surface area (Å²) in [4.78, 5) is 14.5. The summed E-state index contributed by atoms with van der Waals surface area (Å²) in [6, 6.07) is 15.7. The quantitative estimate of drug-likeness (QED) is 0.816. The van der Waals surface area contributed by atoms with Crippen LogP contribution in [0.5, 0.6) is 11.5 Å². The number of hydrogen-bond acceptors (Lipinski definition) is 4. The number of hydrazone groups is 1. The molecule has 2 heterocycles. The number of quaternary nitrogens is 1. The van der Waals surface area contributed by atoms with Crippen LogP contribution in [0.3, 0.4) is 0 Å². The molecule has 0 aromatic heterocycles. The molecule has 1 saturated heterocycles. The lowest BCUT2D eigenvalue weighted by Gasteiger charge is -2.23. The smallest absolute Gasteiger partial charge is 0.298 e. The third-order valence-electron chi connectivity index (χ3n) is 5.80. The van der Waals surface area contributed by atoms with E-state index in [0.29, 0.717) is 13.0 Å². The van der Waals surface area contributed by atoms with Gasteiger partial charge in [-0.2, -0.15) is 5.10 Å². The number of hydrogen-bond donors (Lipinski definition) is 1. The highest BCUT2D eigenvalue weighted by atomic mass is 16.5. The zero-order chi connectivity index (χ0) is 20.2. The predicted molar refractivity (Wildman–Crippen MR) is 112 cm³/mol. The Labute approximate surface area is 171 Å². The molecule has 6 nitrogen and oxygen atoms in total. The molecule has 152 valence electrons. The van der Waals surface area contributed by atoms with Crippen LogP contribution in [0.1, 0.15) is 36.4 Å². The summed E-state index contributed by atoms with van der Waals surface area (Å²) in [6.45, 7) is 2.65. The van der Waals surface area contributed by atoms with Crippen LogP contribution in [-0.2, 0) is 4.79 Å². The highest BCUT2D eigenvalue weighted by molar-refractivity contribution is 6.03. The Bertz CT molecular complexity index is 871. The van der Waals surface area contributed by atoms with Gasteiger partial charge in [0, 0.05) is 19.3 Å². The van der Waals surface area contributed by atoms with E-state index in [0.717, 1.165) is 41.4 Å². The second-order valence-corrected chi connectivity index (χ2v) is 7.64. The van der Waals surface area contributed by atoms with Crippen molar-refractivity contribution in [1.29, 1.82) is 0 Å². The lowest BCUT2D eigenvalue weighted by molar-refractivity contribution is -0.879. The molecular formula is C23H28N3O3+. The first-order valence-electron chi connectivity index (χ1n) is 10.2. The van der Waals surface area contributed by atoms with Gasteiger partial charge < -0.3 is 14.4 Å². The Morgan fingerprint density at radius 3 is 2.17 bits per heavy atom. The van der Waals surface area contributed by atoms with Gasteiger partial charge in [0.2, 0.25) is 0 Å². The van der Waals surface area contributed by atoms with Crippen LogP contribution in [0.15, 0.2) is 53.6 Å². The number of likely N-dealkylation sites (tertiary alicyclic amines) is 1. The Hall–Kier alpha value is -2.86. The Balaban J connectivity index is 1.60. The van der Waals surface area contributed by atoms with E-state index in [1.54, 1.807) is 19.2 Å². The normalized spacial score (nSPS) is 19.3. The summed E-state index contributed by atoms with van der Waals surface area (Å²) in [7, 11) is 3.31. The molecule has 2 aromatic carbocycles. The second kappa shape index (κ2) is 8.66. The largest absolute Gasteiger partial charge is 0.497 e. The van der Waals surface area contributed by atoms with Gasteiger partial charge in [0.05, 0.1) is 39.1 Å². The standard InChI is InChI=1S/C23H27N3O3/c1-28-19-9-5-17(6-10-19)21-15-22(18-7-11-20(29-2)12-8-18)26(24-21)23(27)16-25-13-3-4-14-25/h5-12,22H,3-4,13-16H2,1-2H3/p+1/t22-/m1/s1. The number of ether oxygens (including phenoxy) is 2. The molecule has 1 atom stereocenters. The van der Waals surface area contributed by atoms with E-state index in [1.165, 1.54) is 17.7 Å². The zero-order valence-electron chi connectivity index (χ0n) is 17.1. The van der Waals surface area contributed by atoms with E-state index in [9.17, 15) is 4.79 Å². The molecule has 2 aromatic rings. The number of nitrogens with zero attached hydrogens (tertiary/aromatic N) is 2. The number of methoxy groups -OCH3 is 2. The van der Waals surface area contributed by atoms with E-state index in [-0.39, 0.29) is 11.9 Å². The van der Waals surface area contributed by atoms with Crippen LogP contribution in [0.4, 0.5) is 0 Å². The molecule has 6 heteroatoms. The zero-order valence-corrected chi connectivity index (χ0v) is 17.1. The fourth-order valence-corrected chi connectivity index (χ4v) is 4.13. The van der Waals surface area contributed by atoms with E-state index in [2.05, 4.69) is 0 Å². The van der Waals surface area contributed by atoms with Crippen molar-refractivity contribution in [2.24, 2.45) is 5.10 Å². The van der Waals surface area contributed by atoms with Gasteiger partial charge >= 0.3 is 0 Å². The van der Waals surface area contributed by atoms with Crippen LogP contribution in [0.25, 0.3) is 0 Å². The molecule has 0 saturated carbocycles. The van der Waals surface area contributed by atoms with Gasteiger partial charge in [-0.25, -0.2) is 5.01 Å². The monoisotopic (exact) mass is 394 g/mol. The summed E-state index contributed by atoms with van der Waals surface area (Å²) < 4.78 is 10.5. The minimum absolute atomic E-state index is 0.0891. The fourth-order valence-electron chi connectivity index (χ4n) is 4.13. The van der Waals surface area contributed by atoms with E-state index >= 15 is 0 Å². The Morgan fingerprint density at radius 2 is 1.59 bits per heavy atom. The van der Waals surface area contributed by atoms with Gasteiger partial charge in [0.15, 0.2) is 6.54 Å². The molecule has 2 aliphatic rings. The van der Waals surface area contributed by atoms with E-state index in [4.69, 9.17) is 14.6 Å². The minimum atomic E-state index is -0.0903. The van der Waals surface area contributed by atoms with Gasteiger partial charge in [0.25, 0.3) is 5.91 Å². The summed E-state index contributed by atoms with van der Waals surface area (Å²) in [6.07, 6.45) is 3.09. The van der Waals surface area contributed by atoms with Crippen LogP contribution in [0, 0.1) is 0 Å². The molecule has 0 spiro atoms. The maximum absolute atomic E-state index is 13.1. The first kappa shape index (κ1) is 19.5. The van der Waals surface area contributed by atoms with Crippen LogP contribution in [-0.4, -0.2) is 50.5 Å². The third kappa shape index (κ3) is 4.27. The summed E-state index contributed by atoms with van der Waals surface area (Å²) in [5, 5.41) is 6.47. The van der Waals surface area contributed by atoms with E-state index in [1.807, 2.05) is 48.5 Å². The van der Waals surface area contributed by atoms with Crippen LogP contribution >= 0.6 is 0 Å². The molecule has 1 amide bonds. The average molecular weight is 394 g/mol. The first-order valence-corrected chi connectivity index (χ1v) is 10.2. The summed E-state index contributed by atoms with van der Waals surface area (Å²) >= 11 is 0. The number of amides is 1. The molecule has 1 N–H and O–H groups in total. The molecule has 29 heavy (non-hydrogen) atoms. The highest BCUT2D eigenvalue weighted by Gasteiger charge is 2.35. The maximum atomic E-state index is 13.1. The van der Waals surface area contributed by atoms with Gasteiger partial charge in [-0.05, 0) is 47.5 Å². The van der Waals surface area contributed by atoms with Crippen molar-refractivity contribution in [2.45, 2.75) is 25.3 Å². The van der Waals surface area contributed by atoms with Crippen LogP contribution in [0.2, 0.25) is 0 Å². The van der Waals surface area contributed by atoms with E-state index < -0.39 is 0 Å². The number of rotatable bonds is 6. The fraction of sp³-hybridized carbons (Fsp3) is 0.391. The van der Waals surface area contributed by atoms with Crippen molar-refractivity contribution in [3.8, 4) is 11.5 Å². The molecule has 4 rings (SSSR count). The van der Waals surface area contributed by atoms with Crippen molar-refractivity contribution >= 4 is 11.6 Å². The lowest BCUT2D eigenvalue weighted by Crippen LogP contribution is -3.11. The SMILES string of the molecule is COc1ccc(C2=NN(C(=O)C[NH+]3CCCC3)[C@@H](c3ccc(OC)cc3)C2)cc1. The van der Waals surface area contributed by atoms with Crippen molar-refractivity contribution < 1.29 is 19.2 Å². The first-order chi connectivity index (χ1) is 14.2. The van der Waals surface area contributed by atoms with Gasteiger partial charge in [-0.15, -0.1) is 0 Å². The van der Waals surface area contributed by atoms with Crippen molar-refractivity contribution in [3.05, 3.63) is 59.7 Å². The molecule has 0 radical (unpaired) electrons.